The molecule has 4 heteroatoms. The molecular weight excluding hydrogens is 328 g/mol. The van der Waals surface area contributed by atoms with E-state index in [9.17, 15) is 4.79 Å². The molecule has 0 aliphatic rings. The zero-order valence-corrected chi connectivity index (χ0v) is 12.7. The number of carbonyl (C=O) groups is 1. The van der Waals surface area contributed by atoms with Gasteiger partial charge in [-0.3, -0.25) is 4.79 Å². The number of benzene rings is 2. The molecule has 0 unspecified atom stereocenters. The Bertz CT molecular complexity index is 832. The number of aromatic nitrogens is 1. The quantitative estimate of drug-likeness (QED) is 0.719. The first-order valence-electron chi connectivity index (χ1n) is 6.49. The fraction of sp³-hybridized carbons (Fsp3) is 0. The predicted molar refractivity (Wildman–Crippen MR) is 89.6 cm³/mol. The van der Waals surface area contributed by atoms with Crippen molar-refractivity contribution in [3.63, 3.8) is 0 Å². The monoisotopic (exact) mass is 340 g/mol. The van der Waals surface area contributed by atoms with Crippen LogP contribution in [0, 0.1) is 0 Å². The second kappa shape index (κ2) is 5.58. The first kappa shape index (κ1) is 13.6. The molecule has 0 bridgehead atoms. The largest absolute Gasteiger partial charge is 0.366 e. The fourth-order valence-corrected chi connectivity index (χ4v) is 2.59. The lowest BCUT2D eigenvalue weighted by Gasteiger charge is -2.06. The van der Waals surface area contributed by atoms with Crippen molar-refractivity contribution >= 4 is 38.9 Å². The summed E-state index contributed by atoms with van der Waals surface area (Å²) in [6.45, 7) is 0. The number of fused-ring (bicyclic) bond motifs is 1. The first-order chi connectivity index (χ1) is 10.1. The molecule has 1 aromatic heterocycles. The predicted octanol–water partition coefficient (Wildman–Crippen LogP) is 4.03. The lowest BCUT2D eigenvalue weighted by Crippen LogP contribution is -2.06. The third kappa shape index (κ3) is 2.76. The molecule has 3 nitrogen and oxygen atoms in total. The zero-order valence-electron chi connectivity index (χ0n) is 11.2. The number of hydrogen-bond donors (Lipinski definition) is 1. The fourth-order valence-electron chi connectivity index (χ4n) is 2.33. The first-order valence-corrected chi connectivity index (χ1v) is 7.28. The Morgan fingerprint density at radius 2 is 1.81 bits per heavy atom. The van der Waals surface area contributed by atoms with Crippen molar-refractivity contribution < 1.29 is 4.79 Å². The van der Waals surface area contributed by atoms with Crippen LogP contribution in [0.4, 0.5) is 0 Å². The Kier molecular flexibility index (Phi) is 3.62. The van der Waals surface area contributed by atoms with Gasteiger partial charge in [0.05, 0.1) is 11.2 Å². The molecule has 1 heterocycles. The standard InChI is InChI=1S/C17H13BrN2O/c18-14-7-5-12(6-8-14)16-11-13-3-1-2-4-15(13)20(16)10-9-17(19)21/h1-11H,(H2,19,21). The van der Waals surface area contributed by atoms with E-state index in [2.05, 4.69) is 22.0 Å². The number of carbonyl (C=O) groups excluding carboxylic acids is 1. The summed E-state index contributed by atoms with van der Waals surface area (Å²) in [4.78, 5) is 11.0. The molecule has 0 spiro atoms. The molecule has 0 fully saturated rings. The lowest BCUT2D eigenvalue weighted by atomic mass is 10.1. The highest BCUT2D eigenvalue weighted by molar-refractivity contribution is 9.10. The van der Waals surface area contributed by atoms with E-state index in [1.165, 1.54) is 6.08 Å². The number of nitrogens with zero attached hydrogens (tertiary/aromatic N) is 1. The summed E-state index contributed by atoms with van der Waals surface area (Å²) in [5, 5.41) is 1.12. The van der Waals surface area contributed by atoms with Crippen LogP contribution >= 0.6 is 15.9 Å². The Morgan fingerprint density at radius 1 is 1.10 bits per heavy atom. The van der Waals surface area contributed by atoms with Gasteiger partial charge in [-0.15, -0.1) is 0 Å². The van der Waals surface area contributed by atoms with Crippen LogP contribution in [-0.2, 0) is 4.79 Å². The maximum atomic E-state index is 11.0. The summed E-state index contributed by atoms with van der Waals surface area (Å²) in [6, 6.07) is 18.2. The molecule has 0 aliphatic carbocycles. The molecule has 0 saturated heterocycles. The molecule has 104 valence electrons. The van der Waals surface area contributed by atoms with E-state index in [1.807, 2.05) is 53.1 Å². The normalized spacial score (nSPS) is 11.3. The Hall–Kier alpha value is -2.33. The van der Waals surface area contributed by atoms with Crippen LogP contribution in [0.25, 0.3) is 28.4 Å². The number of halogens is 1. The van der Waals surface area contributed by atoms with Gasteiger partial charge in [0.1, 0.15) is 0 Å². The third-order valence-electron chi connectivity index (χ3n) is 3.28. The van der Waals surface area contributed by atoms with Gasteiger partial charge in [0.25, 0.3) is 0 Å². The van der Waals surface area contributed by atoms with E-state index >= 15 is 0 Å². The van der Waals surface area contributed by atoms with E-state index in [4.69, 9.17) is 5.73 Å². The minimum absolute atomic E-state index is 0.463. The summed E-state index contributed by atoms with van der Waals surface area (Å²) in [7, 11) is 0. The molecular formula is C17H13BrN2O. The summed E-state index contributed by atoms with van der Waals surface area (Å²) < 4.78 is 3.00. The number of amides is 1. The molecule has 0 radical (unpaired) electrons. The maximum Gasteiger partial charge on any atom is 0.242 e. The van der Waals surface area contributed by atoms with Gasteiger partial charge in [0.2, 0.25) is 5.91 Å². The van der Waals surface area contributed by atoms with Gasteiger partial charge >= 0.3 is 0 Å². The summed E-state index contributed by atoms with van der Waals surface area (Å²) in [5.74, 6) is -0.463. The van der Waals surface area contributed by atoms with Gasteiger partial charge in [-0.1, -0.05) is 46.3 Å². The van der Waals surface area contributed by atoms with Crippen molar-refractivity contribution in [2.75, 3.05) is 0 Å². The van der Waals surface area contributed by atoms with E-state index in [1.54, 1.807) is 6.20 Å². The second-order valence-electron chi connectivity index (χ2n) is 4.68. The molecule has 0 saturated carbocycles. The average molecular weight is 341 g/mol. The second-order valence-corrected chi connectivity index (χ2v) is 5.60. The van der Waals surface area contributed by atoms with Crippen LogP contribution in [0.1, 0.15) is 0 Å². The van der Waals surface area contributed by atoms with Gasteiger partial charge in [0, 0.05) is 22.1 Å². The molecule has 2 N–H and O–H groups in total. The average Bonchev–Trinajstić information content (AvgIpc) is 2.84. The summed E-state index contributed by atoms with van der Waals surface area (Å²) >= 11 is 3.44. The highest BCUT2D eigenvalue weighted by Crippen LogP contribution is 2.29. The van der Waals surface area contributed by atoms with Crippen molar-refractivity contribution in [1.82, 2.24) is 4.57 Å². The van der Waals surface area contributed by atoms with Crippen molar-refractivity contribution in [3.8, 4) is 11.3 Å². The van der Waals surface area contributed by atoms with Crippen molar-refractivity contribution in [3.05, 3.63) is 65.1 Å². The molecule has 3 rings (SSSR count). The molecule has 21 heavy (non-hydrogen) atoms. The summed E-state index contributed by atoms with van der Waals surface area (Å²) in [5.41, 5.74) is 8.34. The van der Waals surface area contributed by atoms with Crippen LogP contribution in [0.5, 0.6) is 0 Å². The van der Waals surface area contributed by atoms with Gasteiger partial charge in [-0.05, 0) is 29.8 Å². The highest BCUT2D eigenvalue weighted by Gasteiger charge is 2.08. The number of hydrogen-bond acceptors (Lipinski definition) is 1. The number of para-hydroxylation sites is 1. The van der Waals surface area contributed by atoms with Gasteiger partial charge < -0.3 is 10.3 Å². The van der Waals surface area contributed by atoms with E-state index in [0.29, 0.717) is 0 Å². The molecule has 0 aliphatic heterocycles. The van der Waals surface area contributed by atoms with Gasteiger partial charge in [-0.2, -0.15) is 0 Å². The van der Waals surface area contributed by atoms with Crippen LogP contribution in [0.15, 0.2) is 65.1 Å². The van der Waals surface area contributed by atoms with E-state index in [-0.39, 0.29) is 0 Å². The Labute approximate surface area is 130 Å². The SMILES string of the molecule is NC(=O)C=Cn1c(-c2ccc(Br)cc2)cc2ccccc21. The lowest BCUT2D eigenvalue weighted by molar-refractivity contribution is -0.113. The minimum Gasteiger partial charge on any atom is -0.366 e. The Balaban J connectivity index is 2.23. The number of nitrogens with two attached hydrogens (primary N) is 1. The van der Waals surface area contributed by atoms with Crippen molar-refractivity contribution in [2.45, 2.75) is 0 Å². The van der Waals surface area contributed by atoms with Gasteiger partial charge in [-0.25, -0.2) is 0 Å². The van der Waals surface area contributed by atoms with Crippen LogP contribution in [0.3, 0.4) is 0 Å². The number of rotatable bonds is 3. The minimum atomic E-state index is -0.463. The molecule has 0 atom stereocenters. The third-order valence-corrected chi connectivity index (χ3v) is 3.80. The highest BCUT2D eigenvalue weighted by atomic mass is 79.9. The molecule has 1 amide bonds. The maximum absolute atomic E-state index is 11.0. The number of primary amides is 1. The van der Waals surface area contributed by atoms with E-state index < -0.39 is 5.91 Å². The molecule has 3 aromatic rings. The van der Waals surface area contributed by atoms with Crippen LogP contribution in [-0.4, -0.2) is 10.5 Å². The van der Waals surface area contributed by atoms with E-state index in [0.717, 1.165) is 26.6 Å². The van der Waals surface area contributed by atoms with Crippen molar-refractivity contribution in [1.29, 1.82) is 0 Å². The topological polar surface area (TPSA) is 48.0 Å². The molecule has 2 aromatic carbocycles. The van der Waals surface area contributed by atoms with Crippen LogP contribution in [0.2, 0.25) is 0 Å². The summed E-state index contributed by atoms with van der Waals surface area (Å²) in [6.07, 6.45) is 3.08. The van der Waals surface area contributed by atoms with Crippen molar-refractivity contribution in [2.24, 2.45) is 5.73 Å². The van der Waals surface area contributed by atoms with Crippen LogP contribution < -0.4 is 5.73 Å². The Morgan fingerprint density at radius 3 is 2.52 bits per heavy atom. The zero-order chi connectivity index (χ0) is 14.8. The smallest absolute Gasteiger partial charge is 0.242 e. The van der Waals surface area contributed by atoms with Gasteiger partial charge in [0.15, 0.2) is 0 Å².